The molecule has 0 saturated heterocycles. The van der Waals surface area contributed by atoms with Gasteiger partial charge in [0.2, 0.25) is 0 Å². The van der Waals surface area contributed by atoms with Crippen LogP contribution in [0.2, 0.25) is 0 Å². The predicted molar refractivity (Wildman–Crippen MR) is 74.9 cm³/mol. The summed E-state index contributed by atoms with van der Waals surface area (Å²) in [5.41, 5.74) is 3.17. The molecule has 0 aliphatic carbocycles. The monoisotopic (exact) mass is 255 g/mol. The van der Waals surface area contributed by atoms with Crippen molar-refractivity contribution in [1.82, 2.24) is 14.5 Å². The van der Waals surface area contributed by atoms with Crippen LogP contribution in [-0.4, -0.2) is 20.8 Å². The van der Waals surface area contributed by atoms with Crippen LogP contribution in [0.1, 0.15) is 5.56 Å². The van der Waals surface area contributed by atoms with E-state index in [9.17, 15) is 0 Å². The first-order valence-electron chi connectivity index (χ1n) is 5.77. The molecular formula is C14H13N3S. The number of nitrogens with zero attached hydrogens (tertiary/aromatic N) is 3. The normalized spacial score (nSPS) is 10.9. The van der Waals surface area contributed by atoms with Crippen LogP contribution in [0, 0.1) is 0 Å². The Morgan fingerprint density at radius 1 is 1.11 bits per heavy atom. The van der Waals surface area contributed by atoms with Gasteiger partial charge in [0, 0.05) is 6.20 Å². The molecule has 18 heavy (non-hydrogen) atoms. The number of pyridine rings is 1. The zero-order valence-electron chi connectivity index (χ0n) is 10.1. The van der Waals surface area contributed by atoms with Crippen LogP contribution < -0.4 is 0 Å². The highest BCUT2D eigenvalue weighted by molar-refractivity contribution is 7.98. The van der Waals surface area contributed by atoms with Crippen molar-refractivity contribution in [2.24, 2.45) is 0 Å². The highest BCUT2D eigenvalue weighted by atomic mass is 32.2. The van der Waals surface area contributed by atoms with Crippen molar-refractivity contribution in [2.75, 3.05) is 6.26 Å². The van der Waals surface area contributed by atoms with Gasteiger partial charge in [0.1, 0.15) is 5.52 Å². The number of aromatic nitrogens is 3. The van der Waals surface area contributed by atoms with Crippen molar-refractivity contribution >= 4 is 22.9 Å². The third kappa shape index (κ3) is 1.99. The van der Waals surface area contributed by atoms with Gasteiger partial charge < -0.3 is 0 Å². The van der Waals surface area contributed by atoms with Gasteiger partial charge >= 0.3 is 0 Å². The fourth-order valence-corrected chi connectivity index (χ4v) is 2.56. The molecule has 0 amide bonds. The molecule has 0 unspecified atom stereocenters. The van der Waals surface area contributed by atoms with Gasteiger partial charge in [-0.25, -0.2) is 9.97 Å². The lowest BCUT2D eigenvalue weighted by molar-refractivity contribution is 0.725. The maximum absolute atomic E-state index is 4.59. The minimum absolute atomic E-state index is 0.810. The summed E-state index contributed by atoms with van der Waals surface area (Å²) in [7, 11) is 0. The molecular weight excluding hydrogens is 242 g/mol. The molecule has 0 fully saturated rings. The van der Waals surface area contributed by atoms with E-state index in [0.29, 0.717) is 0 Å². The lowest BCUT2D eigenvalue weighted by Gasteiger charge is -2.06. The molecule has 1 aromatic carbocycles. The number of hydrogen-bond donors (Lipinski definition) is 0. The van der Waals surface area contributed by atoms with Gasteiger partial charge in [0.15, 0.2) is 10.8 Å². The summed E-state index contributed by atoms with van der Waals surface area (Å²) >= 11 is 1.65. The molecule has 4 heteroatoms. The molecule has 3 nitrogen and oxygen atoms in total. The van der Waals surface area contributed by atoms with Crippen LogP contribution in [-0.2, 0) is 6.54 Å². The lowest BCUT2D eigenvalue weighted by atomic mass is 10.2. The zero-order valence-corrected chi connectivity index (χ0v) is 10.9. The van der Waals surface area contributed by atoms with E-state index in [1.54, 1.807) is 11.8 Å². The van der Waals surface area contributed by atoms with Crippen molar-refractivity contribution < 1.29 is 0 Å². The van der Waals surface area contributed by atoms with Crippen LogP contribution in [0.4, 0.5) is 0 Å². The number of benzene rings is 1. The van der Waals surface area contributed by atoms with E-state index in [2.05, 4.69) is 38.8 Å². The fourth-order valence-electron chi connectivity index (χ4n) is 2.00. The molecule has 2 heterocycles. The second-order valence-corrected chi connectivity index (χ2v) is 4.79. The Labute approximate surface area is 110 Å². The number of hydrogen-bond acceptors (Lipinski definition) is 3. The second-order valence-electron chi connectivity index (χ2n) is 4.02. The zero-order chi connectivity index (χ0) is 12.4. The van der Waals surface area contributed by atoms with E-state index in [1.807, 2.05) is 30.7 Å². The number of thioether (sulfide) groups is 1. The van der Waals surface area contributed by atoms with E-state index < -0.39 is 0 Å². The number of rotatable bonds is 3. The van der Waals surface area contributed by atoms with E-state index in [-0.39, 0.29) is 0 Å². The molecule has 2 aromatic heterocycles. The summed E-state index contributed by atoms with van der Waals surface area (Å²) in [6.07, 6.45) is 3.86. The van der Waals surface area contributed by atoms with Gasteiger partial charge in [-0.1, -0.05) is 42.1 Å². The van der Waals surface area contributed by atoms with Gasteiger partial charge in [-0.05, 0) is 24.0 Å². The molecule has 0 saturated carbocycles. The maximum Gasteiger partial charge on any atom is 0.170 e. The van der Waals surface area contributed by atoms with Crippen molar-refractivity contribution in [3.8, 4) is 0 Å². The van der Waals surface area contributed by atoms with Crippen molar-refractivity contribution in [1.29, 1.82) is 0 Å². The van der Waals surface area contributed by atoms with E-state index >= 15 is 0 Å². The summed E-state index contributed by atoms with van der Waals surface area (Å²) in [5, 5.41) is 1.01. The third-order valence-corrected chi connectivity index (χ3v) is 3.51. The van der Waals surface area contributed by atoms with Gasteiger partial charge in [-0.3, -0.25) is 4.57 Å². The van der Waals surface area contributed by atoms with Crippen LogP contribution in [0.25, 0.3) is 11.2 Å². The quantitative estimate of drug-likeness (QED) is 0.673. The topological polar surface area (TPSA) is 30.7 Å². The summed E-state index contributed by atoms with van der Waals surface area (Å²) in [6.45, 7) is 0.810. The lowest BCUT2D eigenvalue weighted by Crippen LogP contribution is -2.01. The Morgan fingerprint density at radius 2 is 1.94 bits per heavy atom. The molecule has 3 rings (SSSR count). The first kappa shape index (κ1) is 11.3. The van der Waals surface area contributed by atoms with Crippen LogP contribution in [0.5, 0.6) is 0 Å². The molecule has 0 N–H and O–H groups in total. The molecule has 0 atom stereocenters. The first-order valence-corrected chi connectivity index (χ1v) is 7.00. The van der Waals surface area contributed by atoms with Gasteiger partial charge in [0.05, 0.1) is 6.54 Å². The highest BCUT2D eigenvalue weighted by Crippen LogP contribution is 2.21. The molecule has 0 radical (unpaired) electrons. The molecule has 0 aliphatic rings. The highest BCUT2D eigenvalue weighted by Gasteiger charge is 2.10. The number of fused-ring (bicyclic) bond motifs is 1. The van der Waals surface area contributed by atoms with E-state index in [0.717, 1.165) is 22.9 Å². The number of imidazole rings is 1. The summed E-state index contributed by atoms with van der Waals surface area (Å²) in [6, 6.07) is 14.3. The summed E-state index contributed by atoms with van der Waals surface area (Å²) < 4.78 is 2.16. The minimum Gasteiger partial charge on any atom is -0.299 e. The van der Waals surface area contributed by atoms with Crippen molar-refractivity contribution in [3.05, 3.63) is 54.2 Å². The standard InChI is InChI=1S/C14H13N3S/c1-18-14-16-12-8-5-9-15-13(12)17(14)10-11-6-3-2-4-7-11/h2-9H,10H2,1H3. The van der Waals surface area contributed by atoms with Crippen molar-refractivity contribution in [3.63, 3.8) is 0 Å². The van der Waals surface area contributed by atoms with E-state index in [4.69, 9.17) is 0 Å². The van der Waals surface area contributed by atoms with Crippen LogP contribution in [0.3, 0.4) is 0 Å². The Morgan fingerprint density at radius 3 is 2.72 bits per heavy atom. The van der Waals surface area contributed by atoms with Gasteiger partial charge in [0.25, 0.3) is 0 Å². The predicted octanol–water partition coefficient (Wildman–Crippen LogP) is 3.20. The second kappa shape index (κ2) is 4.82. The van der Waals surface area contributed by atoms with Crippen LogP contribution >= 0.6 is 11.8 Å². The smallest absolute Gasteiger partial charge is 0.170 e. The first-order chi connectivity index (χ1) is 8.88. The van der Waals surface area contributed by atoms with Gasteiger partial charge in [-0.15, -0.1) is 0 Å². The Balaban J connectivity index is 2.10. The average Bonchev–Trinajstić information content (AvgIpc) is 2.78. The summed E-state index contributed by atoms with van der Waals surface area (Å²) in [5.74, 6) is 0. The molecule has 0 bridgehead atoms. The average molecular weight is 255 g/mol. The van der Waals surface area contributed by atoms with E-state index in [1.165, 1.54) is 5.56 Å². The Hall–Kier alpha value is -1.81. The molecule has 0 aliphatic heterocycles. The Bertz CT molecular complexity index is 661. The third-order valence-electron chi connectivity index (χ3n) is 2.83. The summed E-state index contributed by atoms with van der Waals surface area (Å²) in [4.78, 5) is 9.02. The maximum atomic E-state index is 4.59. The van der Waals surface area contributed by atoms with Crippen molar-refractivity contribution in [2.45, 2.75) is 11.7 Å². The SMILES string of the molecule is CSc1nc2cccnc2n1Cc1ccccc1. The Kier molecular flexibility index (Phi) is 3.02. The van der Waals surface area contributed by atoms with Gasteiger partial charge in [-0.2, -0.15) is 0 Å². The van der Waals surface area contributed by atoms with Crippen LogP contribution in [0.15, 0.2) is 53.8 Å². The largest absolute Gasteiger partial charge is 0.299 e. The molecule has 90 valence electrons. The molecule has 3 aromatic rings. The minimum atomic E-state index is 0.810. The fraction of sp³-hybridized carbons (Fsp3) is 0.143. The molecule has 0 spiro atoms.